The van der Waals surface area contributed by atoms with Crippen LogP contribution in [0.25, 0.3) is 11.0 Å². The van der Waals surface area contributed by atoms with Crippen molar-refractivity contribution in [1.29, 1.82) is 0 Å². The SMILES string of the molecule is O=C(/C=C\c1c(Cl)nc2sccn12)NCCOc1ccc2c(c1)CCC2. The Morgan fingerprint density at radius 3 is 3.19 bits per heavy atom. The Labute approximate surface area is 160 Å². The summed E-state index contributed by atoms with van der Waals surface area (Å²) in [5, 5.41) is 5.12. The van der Waals surface area contributed by atoms with E-state index in [1.165, 1.54) is 35.0 Å². The van der Waals surface area contributed by atoms with Gasteiger partial charge in [-0.3, -0.25) is 9.20 Å². The number of carbonyl (C=O) groups excluding carboxylic acids is 1. The third kappa shape index (κ3) is 3.61. The first-order valence-corrected chi connectivity index (χ1v) is 9.78. The van der Waals surface area contributed by atoms with Gasteiger partial charge >= 0.3 is 0 Å². The van der Waals surface area contributed by atoms with Crippen molar-refractivity contribution < 1.29 is 9.53 Å². The molecule has 7 heteroatoms. The molecule has 1 amide bonds. The van der Waals surface area contributed by atoms with Crippen LogP contribution in [0.3, 0.4) is 0 Å². The topological polar surface area (TPSA) is 55.6 Å². The van der Waals surface area contributed by atoms with Crippen LogP contribution in [0.4, 0.5) is 0 Å². The molecule has 0 atom stereocenters. The number of imidazole rings is 1. The summed E-state index contributed by atoms with van der Waals surface area (Å²) >= 11 is 7.59. The second-order valence-corrected chi connectivity index (χ2v) is 7.33. The standard InChI is InChI=1S/C19H18ClN3O2S/c20-18-16(23-9-11-26-19(23)22-18)6-7-17(24)21-8-10-25-15-5-4-13-2-1-3-14(13)12-15/h4-7,9,11-12H,1-3,8,10H2,(H,21,24)/b7-6-. The monoisotopic (exact) mass is 387 g/mol. The lowest BCUT2D eigenvalue weighted by Crippen LogP contribution is -2.26. The van der Waals surface area contributed by atoms with E-state index in [4.69, 9.17) is 16.3 Å². The van der Waals surface area contributed by atoms with Crippen molar-refractivity contribution in [3.8, 4) is 5.75 Å². The molecule has 0 bridgehead atoms. The molecule has 1 N–H and O–H groups in total. The predicted octanol–water partition coefficient (Wildman–Crippen LogP) is 3.75. The van der Waals surface area contributed by atoms with Crippen LogP contribution in [0, 0.1) is 0 Å². The lowest BCUT2D eigenvalue weighted by atomic mass is 10.1. The van der Waals surface area contributed by atoms with Crippen molar-refractivity contribution >= 4 is 39.9 Å². The molecule has 134 valence electrons. The minimum Gasteiger partial charge on any atom is -0.492 e. The van der Waals surface area contributed by atoms with E-state index in [1.807, 2.05) is 22.0 Å². The molecule has 1 aliphatic rings. The highest BCUT2D eigenvalue weighted by Gasteiger charge is 2.11. The number of nitrogens with one attached hydrogen (secondary N) is 1. The third-order valence-electron chi connectivity index (χ3n) is 4.39. The average molecular weight is 388 g/mol. The fourth-order valence-corrected chi connectivity index (χ4v) is 4.13. The fraction of sp³-hybridized carbons (Fsp3) is 0.263. The average Bonchev–Trinajstić information content (AvgIpc) is 3.33. The number of ether oxygens (including phenoxy) is 1. The zero-order valence-corrected chi connectivity index (χ0v) is 15.6. The lowest BCUT2D eigenvalue weighted by molar-refractivity contribution is -0.116. The van der Waals surface area contributed by atoms with Crippen LogP contribution < -0.4 is 10.1 Å². The first-order chi connectivity index (χ1) is 12.7. The largest absolute Gasteiger partial charge is 0.492 e. The molecule has 0 radical (unpaired) electrons. The fourth-order valence-electron chi connectivity index (χ4n) is 3.12. The van der Waals surface area contributed by atoms with Gasteiger partial charge in [-0.15, -0.1) is 11.3 Å². The van der Waals surface area contributed by atoms with Crippen LogP contribution in [0.1, 0.15) is 23.2 Å². The number of aromatic nitrogens is 2. The van der Waals surface area contributed by atoms with Gasteiger partial charge < -0.3 is 10.1 Å². The van der Waals surface area contributed by atoms with Gasteiger partial charge in [0.1, 0.15) is 12.4 Å². The molecule has 0 saturated carbocycles. The zero-order chi connectivity index (χ0) is 17.9. The maximum absolute atomic E-state index is 12.0. The molecule has 1 aromatic carbocycles. The first kappa shape index (κ1) is 17.1. The number of benzene rings is 1. The van der Waals surface area contributed by atoms with Gasteiger partial charge in [0.2, 0.25) is 5.91 Å². The third-order valence-corrected chi connectivity index (χ3v) is 5.42. The summed E-state index contributed by atoms with van der Waals surface area (Å²) < 4.78 is 7.58. The van der Waals surface area contributed by atoms with Crippen molar-refractivity contribution in [2.45, 2.75) is 19.3 Å². The second kappa shape index (κ2) is 7.51. The van der Waals surface area contributed by atoms with Gasteiger partial charge in [-0.25, -0.2) is 4.98 Å². The maximum Gasteiger partial charge on any atom is 0.244 e. The summed E-state index contributed by atoms with van der Waals surface area (Å²) in [6.45, 7) is 0.870. The Morgan fingerprint density at radius 2 is 2.27 bits per heavy atom. The van der Waals surface area contributed by atoms with Gasteiger partial charge in [-0.05, 0) is 48.6 Å². The molecule has 0 spiro atoms. The second-order valence-electron chi connectivity index (χ2n) is 6.10. The van der Waals surface area contributed by atoms with E-state index in [1.54, 1.807) is 6.08 Å². The number of carbonyl (C=O) groups is 1. The number of rotatable bonds is 6. The Kier molecular flexibility index (Phi) is 4.95. The van der Waals surface area contributed by atoms with E-state index in [0.29, 0.717) is 24.0 Å². The van der Waals surface area contributed by atoms with Gasteiger partial charge in [0.25, 0.3) is 0 Å². The van der Waals surface area contributed by atoms with Crippen LogP contribution in [0.5, 0.6) is 5.75 Å². The number of thiazole rings is 1. The van der Waals surface area contributed by atoms with Gasteiger partial charge in [0.15, 0.2) is 10.1 Å². The Morgan fingerprint density at radius 1 is 1.38 bits per heavy atom. The molecule has 0 aliphatic heterocycles. The predicted molar refractivity (Wildman–Crippen MR) is 104 cm³/mol. The number of amides is 1. The number of fused-ring (bicyclic) bond motifs is 2. The number of hydrogen-bond donors (Lipinski definition) is 1. The van der Waals surface area contributed by atoms with Gasteiger partial charge in [0.05, 0.1) is 12.2 Å². The first-order valence-electron chi connectivity index (χ1n) is 8.52. The molecular weight excluding hydrogens is 370 g/mol. The molecule has 0 unspecified atom stereocenters. The number of nitrogens with zero attached hydrogens (tertiary/aromatic N) is 2. The summed E-state index contributed by atoms with van der Waals surface area (Å²) in [6, 6.07) is 6.25. The molecule has 4 rings (SSSR count). The minimum atomic E-state index is -0.191. The van der Waals surface area contributed by atoms with Crippen molar-refractivity contribution in [2.24, 2.45) is 0 Å². The number of halogens is 1. The molecule has 0 saturated heterocycles. The van der Waals surface area contributed by atoms with Crippen LogP contribution in [0.2, 0.25) is 5.15 Å². The molecule has 3 aromatic rings. The van der Waals surface area contributed by atoms with Crippen molar-refractivity contribution in [1.82, 2.24) is 14.7 Å². The van der Waals surface area contributed by atoms with Gasteiger partial charge in [0, 0.05) is 17.7 Å². The van der Waals surface area contributed by atoms with Crippen molar-refractivity contribution in [3.05, 3.63) is 57.8 Å². The zero-order valence-electron chi connectivity index (χ0n) is 14.1. The molecule has 5 nitrogen and oxygen atoms in total. The summed E-state index contributed by atoms with van der Waals surface area (Å²) in [7, 11) is 0. The van der Waals surface area contributed by atoms with Gasteiger partial charge in [-0.1, -0.05) is 17.7 Å². The normalized spacial score (nSPS) is 13.4. The van der Waals surface area contributed by atoms with Gasteiger partial charge in [-0.2, -0.15) is 0 Å². The van der Waals surface area contributed by atoms with E-state index in [9.17, 15) is 4.79 Å². The molecular formula is C19H18ClN3O2S. The highest BCUT2D eigenvalue weighted by atomic mass is 35.5. The summed E-state index contributed by atoms with van der Waals surface area (Å²) in [5.74, 6) is 0.671. The molecule has 2 aromatic heterocycles. The number of hydrogen-bond acceptors (Lipinski definition) is 4. The van der Waals surface area contributed by atoms with E-state index in [-0.39, 0.29) is 5.91 Å². The van der Waals surface area contributed by atoms with E-state index < -0.39 is 0 Å². The Hall–Kier alpha value is -2.31. The number of aryl methyl sites for hydroxylation is 2. The summed E-state index contributed by atoms with van der Waals surface area (Å²) in [6.07, 6.45) is 8.52. The van der Waals surface area contributed by atoms with E-state index in [0.717, 1.165) is 23.6 Å². The Balaban J connectivity index is 1.26. The van der Waals surface area contributed by atoms with E-state index >= 15 is 0 Å². The maximum atomic E-state index is 12.0. The lowest BCUT2D eigenvalue weighted by Gasteiger charge is -2.08. The van der Waals surface area contributed by atoms with Crippen LogP contribution >= 0.6 is 22.9 Å². The molecule has 26 heavy (non-hydrogen) atoms. The smallest absolute Gasteiger partial charge is 0.244 e. The van der Waals surface area contributed by atoms with Crippen LogP contribution in [-0.4, -0.2) is 28.4 Å². The minimum absolute atomic E-state index is 0.191. The highest BCUT2D eigenvalue weighted by molar-refractivity contribution is 7.15. The molecule has 2 heterocycles. The highest BCUT2D eigenvalue weighted by Crippen LogP contribution is 2.26. The van der Waals surface area contributed by atoms with Crippen LogP contribution in [-0.2, 0) is 17.6 Å². The summed E-state index contributed by atoms with van der Waals surface area (Å²) in [5.41, 5.74) is 3.51. The van der Waals surface area contributed by atoms with Crippen molar-refractivity contribution in [3.63, 3.8) is 0 Å². The Bertz CT molecular complexity index is 976. The van der Waals surface area contributed by atoms with Crippen molar-refractivity contribution in [2.75, 3.05) is 13.2 Å². The van der Waals surface area contributed by atoms with Crippen LogP contribution in [0.15, 0.2) is 35.9 Å². The molecule has 1 aliphatic carbocycles. The summed E-state index contributed by atoms with van der Waals surface area (Å²) in [4.78, 5) is 17.0. The quantitative estimate of drug-likeness (QED) is 0.517. The molecule has 0 fully saturated rings. The van der Waals surface area contributed by atoms with E-state index in [2.05, 4.69) is 22.4 Å².